The summed E-state index contributed by atoms with van der Waals surface area (Å²) in [4.78, 5) is 24.9. The number of Topliss-reactive ketones (excluding diaryl/α,β-unsaturated/α-hetero) is 2. The summed E-state index contributed by atoms with van der Waals surface area (Å²) in [5.41, 5.74) is 3.51. The molecule has 4 nitrogen and oxygen atoms in total. The summed E-state index contributed by atoms with van der Waals surface area (Å²) in [5.74, 6) is 0.707. The van der Waals surface area contributed by atoms with Crippen LogP contribution >= 0.6 is 0 Å². The van der Waals surface area contributed by atoms with Gasteiger partial charge in [0.25, 0.3) is 0 Å². The molecule has 1 aromatic heterocycles. The Morgan fingerprint density at radius 3 is 2.10 bits per heavy atom. The van der Waals surface area contributed by atoms with Gasteiger partial charge in [-0.15, -0.1) is 0 Å². The van der Waals surface area contributed by atoms with Crippen LogP contribution in [0, 0.1) is 0 Å². The van der Waals surface area contributed by atoms with Crippen LogP contribution in [0.3, 0.4) is 0 Å². The van der Waals surface area contributed by atoms with Gasteiger partial charge in [0.15, 0.2) is 11.6 Å². The summed E-state index contributed by atoms with van der Waals surface area (Å²) < 4.78 is 5.57. The fourth-order valence-electron chi connectivity index (χ4n) is 3.72. The number of dihydropyridines is 1. The molecule has 1 N–H and O–H groups in total. The van der Waals surface area contributed by atoms with Gasteiger partial charge in [-0.3, -0.25) is 9.59 Å². The number of carbonyl (C=O) groups is 2. The fourth-order valence-corrected chi connectivity index (χ4v) is 3.72. The smallest absolute Gasteiger partial charge is 0.161 e. The monoisotopic (exact) mass is 283 g/mol. The van der Waals surface area contributed by atoms with E-state index in [9.17, 15) is 9.59 Å². The quantitative estimate of drug-likeness (QED) is 0.860. The number of hydrogen-bond donors (Lipinski definition) is 1. The molecule has 4 heteroatoms. The lowest BCUT2D eigenvalue weighted by atomic mass is 9.73. The molecule has 3 aliphatic rings. The lowest BCUT2D eigenvalue weighted by Gasteiger charge is -2.36. The third-order valence-corrected chi connectivity index (χ3v) is 4.62. The number of ketones is 2. The van der Waals surface area contributed by atoms with Crippen molar-refractivity contribution in [3.63, 3.8) is 0 Å². The second kappa shape index (κ2) is 4.72. The predicted molar refractivity (Wildman–Crippen MR) is 76.4 cm³/mol. The molecule has 0 bridgehead atoms. The Morgan fingerprint density at radius 2 is 1.57 bits per heavy atom. The Kier molecular flexibility index (Phi) is 2.84. The molecule has 2 aliphatic carbocycles. The van der Waals surface area contributed by atoms with Gasteiger partial charge in [0.2, 0.25) is 0 Å². The molecule has 1 aromatic rings. The summed E-state index contributed by atoms with van der Waals surface area (Å²) in [5, 5.41) is 3.39. The highest BCUT2D eigenvalue weighted by atomic mass is 16.3. The van der Waals surface area contributed by atoms with Gasteiger partial charge in [-0.1, -0.05) is 0 Å². The van der Waals surface area contributed by atoms with Gasteiger partial charge < -0.3 is 9.73 Å². The molecule has 0 amide bonds. The van der Waals surface area contributed by atoms with Crippen molar-refractivity contribution in [1.82, 2.24) is 5.32 Å². The van der Waals surface area contributed by atoms with Gasteiger partial charge >= 0.3 is 0 Å². The van der Waals surface area contributed by atoms with Gasteiger partial charge in [-0.25, -0.2) is 0 Å². The number of rotatable bonds is 1. The highest BCUT2D eigenvalue weighted by molar-refractivity contribution is 6.06. The fraction of sp³-hybridized carbons (Fsp3) is 0.412. The molecular formula is C17H17NO3. The third-order valence-electron chi connectivity index (χ3n) is 4.62. The van der Waals surface area contributed by atoms with E-state index in [1.807, 2.05) is 12.1 Å². The standard InChI is InChI=1S/C17H17NO3/c19-12-6-1-4-10-15(12)17(14-8-3-9-21-14)16-11(18-10)5-2-7-13(16)20/h3,8-9,17-18H,1-2,4-7H2. The van der Waals surface area contributed by atoms with Crippen LogP contribution < -0.4 is 5.32 Å². The largest absolute Gasteiger partial charge is 0.468 e. The van der Waals surface area contributed by atoms with Crippen LogP contribution in [0.5, 0.6) is 0 Å². The third kappa shape index (κ3) is 1.89. The Morgan fingerprint density at radius 1 is 0.952 bits per heavy atom. The minimum Gasteiger partial charge on any atom is -0.468 e. The molecule has 0 fully saturated rings. The zero-order valence-electron chi connectivity index (χ0n) is 11.8. The highest BCUT2D eigenvalue weighted by Crippen LogP contribution is 2.45. The van der Waals surface area contributed by atoms with E-state index in [-0.39, 0.29) is 17.5 Å². The summed E-state index contributed by atoms with van der Waals surface area (Å²) >= 11 is 0. The maximum absolute atomic E-state index is 12.4. The lowest BCUT2D eigenvalue weighted by Crippen LogP contribution is -2.36. The van der Waals surface area contributed by atoms with E-state index in [4.69, 9.17) is 4.42 Å². The Labute approximate surface area is 122 Å². The van der Waals surface area contributed by atoms with E-state index in [0.717, 1.165) is 48.2 Å². The van der Waals surface area contributed by atoms with Crippen LogP contribution in [0.2, 0.25) is 0 Å². The topological polar surface area (TPSA) is 59.3 Å². The van der Waals surface area contributed by atoms with Crippen LogP contribution in [0.15, 0.2) is 45.4 Å². The SMILES string of the molecule is O=C1CCCC2=C1C(c1ccco1)C1=C(CCCC1=O)N2. The van der Waals surface area contributed by atoms with Crippen LogP contribution in [0.1, 0.15) is 50.2 Å². The van der Waals surface area contributed by atoms with Crippen molar-refractivity contribution in [3.8, 4) is 0 Å². The molecule has 0 unspecified atom stereocenters. The first kappa shape index (κ1) is 12.6. The summed E-state index contributed by atoms with van der Waals surface area (Å²) in [6, 6.07) is 3.69. The maximum atomic E-state index is 12.4. The molecule has 108 valence electrons. The minimum absolute atomic E-state index is 0.148. The van der Waals surface area contributed by atoms with Gasteiger partial charge in [-0.2, -0.15) is 0 Å². The first-order chi connectivity index (χ1) is 10.3. The van der Waals surface area contributed by atoms with Crippen LogP contribution in [-0.2, 0) is 9.59 Å². The van der Waals surface area contributed by atoms with E-state index in [0.29, 0.717) is 18.6 Å². The van der Waals surface area contributed by atoms with E-state index in [2.05, 4.69) is 5.32 Å². The van der Waals surface area contributed by atoms with E-state index >= 15 is 0 Å². The number of carbonyl (C=O) groups excluding carboxylic acids is 2. The van der Waals surface area contributed by atoms with Crippen LogP contribution in [-0.4, -0.2) is 11.6 Å². The Bertz CT molecular complexity index is 637. The normalized spacial score (nSPS) is 23.0. The minimum atomic E-state index is -0.299. The Hall–Kier alpha value is -2.10. The van der Waals surface area contributed by atoms with Crippen LogP contribution in [0.25, 0.3) is 0 Å². The number of furan rings is 1. The molecule has 4 rings (SSSR count). The molecular weight excluding hydrogens is 266 g/mol. The molecule has 0 radical (unpaired) electrons. The number of allylic oxidation sites excluding steroid dienone is 4. The average molecular weight is 283 g/mol. The van der Waals surface area contributed by atoms with Crippen molar-refractivity contribution >= 4 is 11.6 Å². The van der Waals surface area contributed by atoms with Crippen molar-refractivity contribution in [1.29, 1.82) is 0 Å². The number of nitrogens with one attached hydrogen (secondary N) is 1. The van der Waals surface area contributed by atoms with E-state index in [1.54, 1.807) is 6.26 Å². The number of hydrogen-bond acceptors (Lipinski definition) is 4. The van der Waals surface area contributed by atoms with E-state index < -0.39 is 0 Å². The summed E-state index contributed by atoms with van der Waals surface area (Å²) in [6.07, 6.45) is 6.26. The zero-order chi connectivity index (χ0) is 14.4. The molecule has 0 atom stereocenters. The molecule has 0 saturated heterocycles. The van der Waals surface area contributed by atoms with Crippen LogP contribution in [0.4, 0.5) is 0 Å². The molecule has 0 aromatic carbocycles. The van der Waals surface area contributed by atoms with Crippen molar-refractivity contribution in [2.24, 2.45) is 0 Å². The highest BCUT2D eigenvalue weighted by Gasteiger charge is 2.41. The summed E-state index contributed by atoms with van der Waals surface area (Å²) in [7, 11) is 0. The maximum Gasteiger partial charge on any atom is 0.161 e. The van der Waals surface area contributed by atoms with Crippen molar-refractivity contribution in [3.05, 3.63) is 46.7 Å². The molecule has 0 saturated carbocycles. The molecule has 21 heavy (non-hydrogen) atoms. The molecule has 0 spiro atoms. The van der Waals surface area contributed by atoms with Crippen molar-refractivity contribution in [2.75, 3.05) is 0 Å². The average Bonchev–Trinajstić information content (AvgIpc) is 3.00. The Balaban J connectivity index is 1.91. The van der Waals surface area contributed by atoms with Gasteiger partial charge in [0.05, 0.1) is 12.2 Å². The summed E-state index contributed by atoms with van der Waals surface area (Å²) in [6.45, 7) is 0. The van der Waals surface area contributed by atoms with Gasteiger partial charge in [-0.05, 0) is 37.8 Å². The lowest BCUT2D eigenvalue weighted by molar-refractivity contribution is -0.117. The molecule has 2 heterocycles. The van der Waals surface area contributed by atoms with Gasteiger partial charge in [0, 0.05) is 35.4 Å². The first-order valence-corrected chi connectivity index (χ1v) is 7.58. The first-order valence-electron chi connectivity index (χ1n) is 7.58. The zero-order valence-corrected chi connectivity index (χ0v) is 11.8. The van der Waals surface area contributed by atoms with Crippen molar-refractivity contribution in [2.45, 2.75) is 44.4 Å². The second-order valence-corrected chi connectivity index (χ2v) is 5.91. The van der Waals surface area contributed by atoms with Crippen molar-refractivity contribution < 1.29 is 14.0 Å². The predicted octanol–water partition coefficient (Wildman–Crippen LogP) is 2.98. The molecule has 1 aliphatic heterocycles. The van der Waals surface area contributed by atoms with Gasteiger partial charge in [0.1, 0.15) is 5.76 Å². The van der Waals surface area contributed by atoms with E-state index in [1.165, 1.54) is 0 Å². The second-order valence-electron chi connectivity index (χ2n) is 5.91.